The van der Waals surface area contributed by atoms with Crippen LogP contribution in [0.15, 0.2) is 30.4 Å². The molecule has 1 aliphatic heterocycles. The molecule has 1 aromatic carbocycles. The van der Waals surface area contributed by atoms with E-state index < -0.39 is 0 Å². The van der Waals surface area contributed by atoms with Crippen LogP contribution in [0.3, 0.4) is 0 Å². The summed E-state index contributed by atoms with van der Waals surface area (Å²) in [5.74, 6) is 0. The lowest BCUT2D eigenvalue weighted by molar-refractivity contribution is 0.134. The molecule has 0 spiro atoms. The molecule has 2 rings (SSSR count). The molecule has 1 aromatic rings. The van der Waals surface area contributed by atoms with E-state index in [1.807, 2.05) is 6.92 Å². The van der Waals surface area contributed by atoms with Crippen molar-refractivity contribution in [1.29, 1.82) is 0 Å². The molecule has 80 valence electrons. The SMILES string of the molecule is C=C(C)CC(N)c1ccc2c(c1)COC2. The van der Waals surface area contributed by atoms with Gasteiger partial charge in [-0.3, -0.25) is 0 Å². The monoisotopic (exact) mass is 203 g/mol. The van der Waals surface area contributed by atoms with Crippen molar-refractivity contribution in [1.82, 2.24) is 0 Å². The maximum atomic E-state index is 6.09. The van der Waals surface area contributed by atoms with Crippen LogP contribution in [-0.4, -0.2) is 0 Å². The Morgan fingerprint density at radius 1 is 1.47 bits per heavy atom. The predicted octanol–water partition coefficient (Wildman–Crippen LogP) is 2.68. The molecule has 0 amide bonds. The molecule has 2 nitrogen and oxygen atoms in total. The van der Waals surface area contributed by atoms with Gasteiger partial charge in [0, 0.05) is 6.04 Å². The van der Waals surface area contributed by atoms with E-state index in [1.54, 1.807) is 0 Å². The van der Waals surface area contributed by atoms with E-state index in [0.29, 0.717) is 0 Å². The average Bonchev–Trinajstić information content (AvgIpc) is 2.62. The Labute approximate surface area is 90.7 Å². The fraction of sp³-hybridized carbons (Fsp3) is 0.385. The Morgan fingerprint density at radius 3 is 2.93 bits per heavy atom. The zero-order chi connectivity index (χ0) is 10.8. The first-order valence-corrected chi connectivity index (χ1v) is 5.26. The molecule has 0 bridgehead atoms. The number of rotatable bonds is 3. The normalized spacial score (nSPS) is 16.1. The first-order chi connectivity index (χ1) is 7.16. The highest BCUT2D eigenvalue weighted by Gasteiger charge is 2.13. The van der Waals surface area contributed by atoms with E-state index in [2.05, 4.69) is 24.8 Å². The Morgan fingerprint density at radius 2 is 2.20 bits per heavy atom. The number of nitrogens with two attached hydrogens (primary N) is 1. The second-order valence-corrected chi connectivity index (χ2v) is 4.29. The second kappa shape index (κ2) is 4.17. The minimum absolute atomic E-state index is 0.0633. The third-order valence-electron chi connectivity index (χ3n) is 2.74. The van der Waals surface area contributed by atoms with Gasteiger partial charge in [-0.1, -0.05) is 23.8 Å². The first-order valence-electron chi connectivity index (χ1n) is 5.26. The smallest absolute Gasteiger partial charge is 0.0725 e. The van der Waals surface area contributed by atoms with Crippen LogP contribution in [0, 0.1) is 0 Å². The van der Waals surface area contributed by atoms with Crippen molar-refractivity contribution in [3.63, 3.8) is 0 Å². The second-order valence-electron chi connectivity index (χ2n) is 4.29. The van der Waals surface area contributed by atoms with Crippen molar-refractivity contribution in [2.45, 2.75) is 32.6 Å². The van der Waals surface area contributed by atoms with E-state index in [0.717, 1.165) is 25.2 Å². The Hall–Kier alpha value is -1.12. The molecule has 0 aliphatic carbocycles. The maximum Gasteiger partial charge on any atom is 0.0725 e. The molecule has 0 aromatic heterocycles. The third-order valence-corrected chi connectivity index (χ3v) is 2.74. The first kappa shape index (κ1) is 10.4. The van der Waals surface area contributed by atoms with Crippen molar-refractivity contribution in [2.24, 2.45) is 5.73 Å². The van der Waals surface area contributed by atoms with Crippen LogP contribution in [0.1, 0.15) is 36.1 Å². The van der Waals surface area contributed by atoms with Gasteiger partial charge in [0.15, 0.2) is 0 Å². The topological polar surface area (TPSA) is 35.2 Å². The molecule has 0 fully saturated rings. The standard InChI is InChI=1S/C13H17NO/c1-9(2)5-13(14)10-3-4-11-7-15-8-12(11)6-10/h3-4,6,13H,1,5,7-8,14H2,2H3. The van der Waals surface area contributed by atoms with Crippen LogP contribution in [0.4, 0.5) is 0 Å². The van der Waals surface area contributed by atoms with Crippen LogP contribution in [-0.2, 0) is 18.0 Å². The summed E-state index contributed by atoms with van der Waals surface area (Å²) >= 11 is 0. The summed E-state index contributed by atoms with van der Waals surface area (Å²) in [7, 11) is 0. The van der Waals surface area contributed by atoms with E-state index in [4.69, 9.17) is 10.5 Å². The molecular weight excluding hydrogens is 186 g/mol. The van der Waals surface area contributed by atoms with Gasteiger partial charge in [-0.15, -0.1) is 6.58 Å². The fourth-order valence-electron chi connectivity index (χ4n) is 1.92. The van der Waals surface area contributed by atoms with Crippen LogP contribution in [0.5, 0.6) is 0 Å². The van der Waals surface area contributed by atoms with Gasteiger partial charge in [-0.05, 0) is 30.0 Å². The van der Waals surface area contributed by atoms with Crippen molar-refractivity contribution in [3.05, 3.63) is 47.0 Å². The predicted molar refractivity (Wildman–Crippen MR) is 61.3 cm³/mol. The van der Waals surface area contributed by atoms with Crippen molar-refractivity contribution < 1.29 is 4.74 Å². The van der Waals surface area contributed by atoms with Crippen LogP contribution in [0.25, 0.3) is 0 Å². The molecule has 1 heterocycles. The van der Waals surface area contributed by atoms with Gasteiger partial charge < -0.3 is 10.5 Å². The molecule has 1 atom stereocenters. The van der Waals surface area contributed by atoms with Crippen molar-refractivity contribution in [2.75, 3.05) is 0 Å². The highest BCUT2D eigenvalue weighted by Crippen LogP contribution is 2.25. The molecule has 2 heteroatoms. The number of ether oxygens (including phenoxy) is 1. The summed E-state index contributed by atoms with van der Waals surface area (Å²) < 4.78 is 5.37. The molecule has 0 radical (unpaired) electrons. The average molecular weight is 203 g/mol. The van der Waals surface area contributed by atoms with Crippen LogP contribution < -0.4 is 5.73 Å². The summed E-state index contributed by atoms with van der Waals surface area (Å²) in [6.45, 7) is 7.37. The van der Waals surface area contributed by atoms with Gasteiger partial charge in [0.05, 0.1) is 13.2 Å². The number of benzene rings is 1. The largest absolute Gasteiger partial charge is 0.372 e. The van der Waals surface area contributed by atoms with Gasteiger partial charge >= 0.3 is 0 Å². The van der Waals surface area contributed by atoms with Crippen molar-refractivity contribution >= 4 is 0 Å². The molecule has 2 N–H and O–H groups in total. The molecule has 0 saturated heterocycles. The summed E-state index contributed by atoms with van der Waals surface area (Å²) in [6, 6.07) is 6.45. The van der Waals surface area contributed by atoms with E-state index in [1.165, 1.54) is 16.7 Å². The highest BCUT2D eigenvalue weighted by molar-refractivity contribution is 5.34. The zero-order valence-corrected chi connectivity index (χ0v) is 9.12. The lowest BCUT2D eigenvalue weighted by atomic mass is 9.98. The molecule has 1 unspecified atom stereocenters. The van der Waals surface area contributed by atoms with E-state index in [-0.39, 0.29) is 6.04 Å². The number of fused-ring (bicyclic) bond motifs is 1. The maximum absolute atomic E-state index is 6.09. The third kappa shape index (κ3) is 2.28. The summed E-state index contributed by atoms with van der Waals surface area (Å²) in [6.07, 6.45) is 0.847. The van der Waals surface area contributed by atoms with Gasteiger partial charge in [-0.25, -0.2) is 0 Å². The number of hydrogen-bond donors (Lipinski definition) is 1. The van der Waals surface area contributed by atoms with Gasteiger partial charge in [0.1, 0.15) is 0 Å². The molecular formula is C13H17NO. The van der Waals surface area contributed by atoms with E-state index >= 15 is 0 Å². The lowest BCUT2D eigenvalue weighted by Gasteiger charge is -2.12. The summed E-state index contributed by atoms with van der Waals surface area (Å²) in [5.41, 5.74) is 11.0. The summed E-state index contributed by atoms with van der Waals surface area (Å²) in [5, 5.41) is 0. The lowest BCUT2D eigenvalue weighted by Crippen LogP contribution is -2.10. The zero-order valence-electron chi connectivity index (χ0n) is 9.12. The number of hydrogen-bond acceptors (Lipinski definition) is 2. The molecule has 15 heavy (non-hydrogen) atoms. The minimum Gasteiger partial charge on any atom is -0.372 e. The molecule has 0 saturated carbocycles. The summed E-state index contributed by atoms with van der Waals surface area (Å²) in [4.78, 5) is 0. The fourth-order valence-corrected chi connectivity index (χ4v) is 1.92. The van der Waals surface area contributed by atoms with Gasteiger partial charge in [0.2, 0.25) is 0 Å². The quantitative estimate of drug-likeness (QED) is 0.766. The Kier molecular flexibility index (Phi) is 2.89. The highest BCUT2D eigenvalue weighted by atomic mass is 16.5. The van der Waals surface area contributed by atoms with Crippen molar-refractivity contribution in [3.8, 4) is 0 Å². The Bertz CT molecular complexity index is 384. The van der Waals surface area contributed by atoms with E-state index in [9.17, 15) is 0 Å². The van der Waals surface area contributed by atoms with Gasteiger partial charge in [0.25, 0.3) is 0 Å². The Balaban J connectivity index is 2.19. The minimum atomic E-state index is 0.0633. The van der Waals surface area contributed by atoms with Crippen LogP contribution in [0.2, 0.25) is 0 Å². The van der Waals surface area contributed by atoms with Gasteiger partial charge in [-0.2, -0.15) is 0 Å². The van der Waals surface area contributed by atoms with Crippen LogP contribution >= 0.6 is 0 Å². The molecule has 1 aliphatic rings.